The Hall–Kier alpha value is -1.07. The first-order chi connectivity index (χ1) is 7.73. The van der Waals surface area contributed by atoms with E-state index in [0.29, 0.717) is 0 Å². The largest absolute Gasteiger partial charge is 0.416 e. The van der Waals surface area contributed by atoms with Crippen LogP contribution >= 0.6 is 0 Å². The maximum atomic E-state index is 12.8. The summed E-state index contributed by atoms with van der Waals surface area (Å²) in [6.07, 6.45) is -4.49. The molecule has 0 aliphatic carbocycles. The third-order valence-electron chi connectivity index (χ3n) is 2.97. The van der Waals surface area contributed by atoms with Gasteiger partial charge < -0.3 is 10.8 Å². The van der Waals surface area contributed by atoms with Crippen molar-refractivity contribution >= 4 is 0 Å². The van der Waals surface area contributed by atoms with Gasteiger partial charge in [-0.15, -0.1) is 0 Å². The molecule has 1 aromatic carbocycles. The topological polar surface area (TPSA) is 46.2 Å². The normalized spacial score (nSPS) is 16.0. The Balaban J connectivity index is 3.40. The molecule has 0 radical (unpaired) electrons. The van der Waals surface area contributed by atoms with Gasteiger partial charge in [0.1, 0.15) is 5.60 Å². The van der Waals surface area contributed by atoms with Crippen molar-refractivity contribution in [2.75, 3.05) is 6.54 Å². The van der Waals surface area contributed by atoms with Crippen molar-refractivity contribution in [2.24, 2.45) is 11.7 Å². The monoisotopic (exact) mass is 247 g/mol. The molecule has 1 aromatic rings. The van der Waals surface area contributed by atoms with Crippen molar-refractivity contribution in [3.05, 3.63) is 35.4 Å². The van der Waals surface area contributed by atoms with Gasteiger partial charge in [-0.3, -0.25) is 0 Å². The Labute approximate surface area is 98.3 Å². The van der Waals surface area contributed by atoms with Crippen molar-refractivity contribution in [3.8, 4) is 0 Å². The molecule has 1 unspecified atom stereocenters. The van der Waals surface area contributed by atoms with Crippen molar-refractivity contribution in [2.45, 2.75) is 25.6 Å². The van der Waals surface area contributed by atoms with Gasteiger partial charge in [-0.25, -0.2) is 0 Å². The standard InChI is InChI=1S/C12H16F3NO/c1-8(2)11(17,7-16)9-5-3-4-6-10(9)12(13,14)15/h3-6,8,17H,7,16H2,1-2H3. The lowest BCUT2D eigenvalue weighted by Crippen LogP contribution is -2.41. The summed E-state index contributed by atoms with van der Waals surface area (Å²) in [4.78, 5) is 0. The molecule has 0 aliphatic rings. The van der Waals surface area contributed by atoms with Crippen molar-refractivity contribution in [1.82, 2.24) is 0 Å². The van der Waals surface area contributed by atoms with E-state index in [9.17, 15) is 18.3 Å². The first kappa shape index (κ1) is 14.0. The number of nitrogens with two attached hydrogens (primary N) is 1. The van der Waals surface area contributed by atoms with Crippen LogP contribution in [0.25, 0.3) is 0 Å². The van der Waals surface area contributed by atoms with Gasteiger partial charge in [-0.2, -0.15) is 13.2 Å². The van der Waals surface area contributed by atoms with Crippen LogP contribution in [0.3, 0.4) is 0 Å². The van der Waals surface area contributed by atoms with Crippen molar-refractivity contribution in [3.63, 3.8) is 0 Å². The summed E-state index contributed by atoms with van der Waals surface area (Å²) in [5.41, 5.74) is 2.78. The molecule has 2 nitrogen and oxygen atoms in total. The Kier molecular flexibility index (Phi) is 3.84. The van der Waals surface area contributed by atoms with Crippen LogP contribution < -0.4 is 5.73 Å². The van der Waals surface area contributed by atoms with Gasteiger partial charge in [-0.1, -0.05) is 32.0 Å². The second kappa shape index (κ2) is 4.66. The minimum atomic E-state index is -4.49. The molecule has 0 aliphatic heterocycles. The van der Waals surface area contributed by atoms with Gasteiger partial charge in [-0.05, 0) is 17.5 Å². The van der Waals surface area contributed by atoms with Gasteiger partial charge >= 0.3 is 6.18 Å². The lowest BCUT2D eigenvalue weighted by atomic mass is 9.81. The molecule has 0 heterocycles. The van der Waals surface area contributed by atoms with Crippen LogP contribution in [0.15, 0.2) is 24.3 Å². The molecule has 5 heteroatoms. The zero-order valence-electron chi connectivity index (χ0n) is 9.75. The molecule has 1 atom stereocenters. The van der Waals surface area contributed by atoms with Gasteiger partial charge in [0.05, 0.1) is 5.56 Å². The number of hydrogen-bond donors (Lipinski definition) is 2. The number of aliphatic hydroxyl groups is 1. The summed E-state index contributed by atoms with van der Waals surface area (Å²) in [6, 6.07) is 4.99. The van der Waals surface area contributed by atoms with Crippen molar-refractivity contribution < 1.29 is 18.3 Å². The summed E-state index contributed by atoms with van der Waals surface area (Å²) in [5.74, 6) is -0.406. The quantitative estimate of drug-likeness (QED) is 0.862. The minimum Gasteiger partial charge on any atom is -0.384 e. The molecule has 0 bridgehead atoms. The highest BCUT2D eigenvalue weighted by molar-refractivity contribution is 5.35. The summed E-state index contributed by atoms with van der Waals surface area (Å²) in [6.45, 7) is 3.03. The number of benzene rings is 1. The maximum absolute atomic E-state index is 12.8. The molecule has 0 fully saturated rings. The van der Waals surface area contributed by atoms with E-state index < -0.39 is 23.3 Å². The predicted molar refractivity (Wildman–Crippen MR) is 59.2 cm³/mol. The molecule has 0 spiro atoms. The van der Waals surface area contributed by atoms with E-state index in [1.54, 1.807) is 13.8 Å². The molecular formula is C12H16F3NO. The molecule has 17 heavy (non-hydrogen) atoms. The summed E-state index contributed by atoms with van der Waals surface area (Å²) in [5, 5.41) is 10.3. The minimum absolute atomic E-state index is 0.162. The fraction of sp³-hybridized carbons (Fsp3) is 0.500. The van der Waals surface area contributed by atoms with Gasteiger partial charge in [0, 0.05) is 6.54 Å². The maximum Gasteiger partial charge on any atom is 0.416 e. The van der Waals surface area contributed by atoms with E-state index in [2.05, 4.69) is 0 Å². The lowest BCUT2D eigenvalue weighted by molar-refractivity contribution is -0.141. The third-order valence-corrected chi connectivity index (χ3v) is 2.97. The first-order valence-corrected chi connectivity index (χ1v) is 5.32. The van der Waals surface area contributed by atoms with Crippen LogP contribution in [0, 0.1) is 5.92 Å². The molecule has 3 N–H and O–H groups in total. The zero-order valence-corrected chi connectivity index (χ0v) is 9.75. The number of rotatable bonds is 3. The molecule has 0 aromatic heterocycles. The highest BCUT2D eigenvalue weighted by atomic mass is 19.4. The van der Waals surface area contributed by atoms with Crippen LogP contribution in [0.1, 0.15) is 25.0 Å². The Bertz CT molecular complexity index is 390. The fourth-order valence-electron chi connectivity index (χ4n) is 1.76. The lowest BCUT2D eigenvalue weighted by Gasteiger charge is -2.33. The van der Waals surface area contributed by atoms with Crippen LogP contribution in [0.5, 0.6) is 0 Å². The summed E-state index contributed by atoms with van der Waals surface area (Å²) < 4.78 is 38.5. The van der Waals surface area contributed by atoms with Crippen molar-refractivity contribution in [1.29, 1.82) is 0 Å². The number of hydrogen-bond acceptors (Lipinski definition) is 2. The first-order valence-electron chi connectivity index (χ1n) is 5.32. The van der Waals surface area contributed by atoms with Crippen LogP contribution in [-0.4, -0.2) is 11.7 Å². The average molecular weight is 247 g/mol. The third kappa shape index (κ3) is 2.61. The van der Waals surface area contributed by atoms with E-state index in [1.165, 1.54) is 18.2 Å². The van der Waals surface area contributed by atoms with E-state index in [-0.39, 0.29) is 12.1 Å². The van der Waals surface area contributed by atoms with Crippen LogP contribution in [0.4, 0.5) is 13.2 Å². The zero-order chi connectivity index (χ0) is 13.3. The smallest absolute Gasteiger partial charge is 0.384 e. The van der Waals surface area contributed by atoms with Crippen LogP contribution in [-0.2, 0) is 11.8 Å². The highest BCUT2D eigenvalue weighted by Crippen LogP contribution is 2.39. The number of halogens is 3. The molecular weight excluding hydrogens is 231 g/mol. The molecule has 1 rings (SSSR count). The van der Waals surface area contributed by atoms with Crippen LogP contribution in [0.2, 0.25) is 0 Å². The van der Waals surface area contributed by atoms with E-state index in [0.717, 1.165) is 6.07 Å². The average Bonchev–Trinajstić information content (AvgIpc) is 2.26. The van der Waals surface area contributed by atoms with E-state index in [1.807, 2.05) is 0 Å². The highest BCUT2D eigenvalue weighted by Gasteiger charge is 2.41. The Morgan fingerprint density at radius 1 is 1.18 bits per heavy atom. The Morgan fingerprint density at radius 2 is 1.65 bits per heavy atom. The molecule has 96 valence electrons. The SMILES string of the molecule is CC(C)C(O)(CN)c1ccccc1C(F)(F)F. The molecule has 0 amide bonds. The van der Waals surface area contributed by atoms with Gasteiger partial charge in [0.25, 0.3) is 0 Å². The second-order valence-electron chi connectivity index (χ2n) is 4.33. The Morgan fingerprint density at radius 3 is 2.00 bits per heavy atom. The van der Waals surface area contributed by atoms with E-state index >= 15 is 0 Å². The second-order valence-corrected chi connectivity index (χ2v) is 4.33. The fourth-order valence-corrected chi connectivity index (χ4v) is 1.76. The molecule has 0 saturated carbocycles. The number of alkyl halides is 3. The van der Waals surface area contributed by atoms with Gasteiger partial charge in [0.2, 0.25) is 0 Å². The summed E-state index contributed by atoms with van der Waals surface area (Å²) >= 11 is 0. The summed E-state index contributed by atoms with van der Waals surface area (Å²) in [7, 11) is 0. The van der Waals surface area contributed by atoms with Gasteiger partial charge in [0.15, 0.2) is 0 Å². The predicted octanol–water partition coefficient (Wildman–Crippen LogP) is 2.51. The molecule has 0 saturated heterocycles. The van der Waals surface area contributed by atoms with E-state index in [4.69, 9.17) is 5.73 Å².